The van der Waals surface area contributed by atoms with Crippen LogP contribution in [0.5, 0.6) is 5.75 Å². The van der Waals surface area contributed by atoms with Crippen molar-refractivity contribution < 1.29 is 13.9 Å². The van der Waals surface area contributed by atoms with Crippen molar-refractivity contribution in [1.82, 2.24) is 0 Å². The predicted octanol–water partition coefficient (Wildman–Crippen LogP) is 3.67. The van der Waals surface area contributed by atoms with Crippen molar-refractivity contribution in [3.63, 3.8) is 0 Å². The molecule has 2 aromatic rings. The van der Waals surface area contributed by atoms with Gasteiger partial charge >= 0.3 is 0 Å². The summed E-state index contributed by atoms with van der Waals surface area (Å²) in [5.41, 5.74) is 0.554. The molecule has 0 bridgehead atoms. The van der Waals surface area contributed by atoms with Gasteiger partial charge in [0, 0.05) is 5.56 Å². The van der Waals surface area contributed by atoms with Crippen molar-refractivity contribution in [3.05, 3.63) is 52.4 Å². The van der Waals surface area contributed by atoms with E-state index in [4.69, 9.17) is 9.15 Å². The summed E-state index contributed by atoms with van der Waals surface area (Å²) < 4.78 is 11.1. The van der Waals surface area contributed by atoms with E-state index < -0.39 is 0 Å². The van der Waals surface area contributed by atoms with E-state index in [9.17, 15) is 4.79 Å². The van der Waals surface area contributed by atoms with E-state index in [2.05, 4.69) is 15.9 Å². The van der Waals surface area contributed by atoms with E-state index in [0.717, 1.165) is 0 Å². The minimum atomic E-state index is -0.155. The second-order valence-corrected chi connectivity index (χ2v) is 4.18. The molecule has 1 aromatic heterocycles. The zero-order valence-corrected chi connectivity index (χ0v) is 10.9. The van der Waals surface area contributed by atoms with Gasteiger partial charge in [-0.3, -0.25) is 4.79 Å². The molecule has 2 rings (SSSR count). The molecule has 0 aliphatic heterocycles. The maximum Gasteiger partial charge on any atom is 0.228 e. The highest BCUT2D eigenvalue weighted by Gasteiger charge is 2.13. The van der Waals surface area contributed by atoms with Crippen molar-refractivity contribution in [2.75, 3.05) is 6.61 Å². The average molecular weight is 295 g/mol. The van der Waals surface area contributed by atoms with Gasteiger partial charge in [-0.05, 0) is 47.1 Å². The third kappa shape index (κ3) is 2.77. The summed E-state index contributed by atoms with van der Waals surface area (Å²) in [6, 6.07) is 10.4. The van der Waals surface area contributed by atoms with Crippen molar-refractivity contribution in [2.45, 2.75) is 6.92 Å². The minimum Gasteiger partial charge on any atom is -0.494 e. The summed E-state index contributed by atoms with van der Waals surface area (Å²) >= 11 is 3.17. The fraction of sp³-hybridized carbons (Fsp3) is 0.154. The number of hydrogen-bond donors (Lipinski definition) is 0. The van der Waals surface area contributed by atoms with E-state index in [-0.39, 0.29) is 5.78 Å². The Balaban J connectivity index is 2.27. The van der Waals surface area contributed by atoms with Gasteiger partial charge in [0.25, 0.3) is 0 Å². The summed E-state index contributed by atoms with van der Waals surface area (Å²) in [7, 11) is 0. The molecule has 0 spiro atoms. The van der Waals surface area contributed by atoms with Crippen molar-refractivity contribution >= 4 is 21.7 Å². The molecule has 0 amide bonds. The summed E-state index contributed by atoms with van der Waals surface area (Å²) in [6.45, 7) is 2.47. The number of carbonyl (C=O) groups is 1. The molecule has 0 unspecified atom stereocenters. The Labute approximate surface area is 108 Å². The van der Waals surface area contributed by atoms with Gasteiger partial charge in [0.2, 0.25) is 5.78 Å². The predicted molar refractivity (Wildman–Crippen MR) is 67.5 cm³/mol. The van der Waals surface area contributed by atoms with Crippen molar-refractivity contribution in [2.24, 2.45) is 0 Å². The first kappa shape index (κ1) is 11.9. The first-order chi connectivity index (χ1) is 8.20. The summed E-state index contributed by atoms with van der Waals surface area (Å²) in [4.78, 5) is 12.0. The Bertz CT molecular complexity index is 531. The number of halogens is 1. The number of ketones is 1. The summed E-state index contributed by atoms with van der Waals surface area (Å²) in [5, 5.41) is 0. The lowest BCUT2D eigenvalue weighted by Crippen LogP contribution is -2.00. The standard InChI is InChI=1S/C13H11BrO3/c1-2-16-10-5-3-4-9(8-10)13(15)11-6-7-12(14)17-11/h3-8H,2H2,1H3. The maximum atomic E-state index is 12.0. The van der Waals surface area contributed by atoms with Gasteiger partial charge in [-0.25, -0.2) is 0 Å². The van der Waals surface area contributed by atoms with Crippen LogP contribution in [0.3, 0.4) is 0 Å². The van der Waals surface area contributed by atoms with Crippen molar-refractivity contribution in [1.29, 1.82) is 0 Å². The molecule has 88 valence electrons. The molecule has 0 aliphatic carbocycles. The molecule has 0 aliphatic rings. The largest absolute Gasteiger partial charge is 0.494 e. The highest BCUT2D eigenvalue weighted by Crippen LogP contribution is 2.20. The Hall–Kier alpha value is -1.55. The van der Waals surface area contributed by atoms with Crippen LogP contribution in [0.1, 0.15) is 23.0 Å². The van der Waals surface area contributed by atoms with Gasteiger partial charge in [0.1, 0.15) is 5.75 Å². The SMILES string of the molecule is CCOc1cccc(C(=O)c2ccc(Br)o2)c1. The minimum absolute atomic E-state index is 0.155. The quantitative estimate of drug-likeness (QED) is 0.808. The van der Waals surface area contributed by atoms with Crippen LogP contribution in [0.25, 0.3) is 0 Å². The third-order valence-corrected chi connectivity index (χ3v) is 2.63. The lowest BCUT2D eigenvalue weighted by molar-refractivity contribution is 0.101. The van der Waals surface area contributed by atoms with Crippen LogP contribution >= 0.6 is 15.9 Å². The summed E-state index contributed by atoms with van der Waals surface area (Å²) in [6.07, 6.45) is 0. The second-order valence-electron chi connectivity index (χ2n) is 3.39. The molecule has 0 fully saturated rings. The lowest BCUT2D eigenvalue weighted by atomic mass is 10.1. The highest BCUT2D eigenvalue weighted by atomic mass is 79.9. The van der Waals surface area contributed by atoms with Gasteiger partial charge in [-0.15, -0.1) is 0 Å². The van der Waals surface area contributed by atoms with Crippen LogP contribution in [-0.2, 0) is 0 Å². The number of benzene rings is 1. The normalized spacial score (nSPS) is 10.2. The number of rotatable bonds is 4. The highest BCUT2D eigenvalue weighted by molar-refractivity contribution is 9.10. The number of ether oxygens (including phenoxy) is 1. The fourth-order valence-corrected chi connectivity index (χ4v) is 1.78. The summed E-state index contributed by atoms with van der Waals surface area (Å²) in [5.74, 6) is 0.840. The molecular formula is C13H11BrO3. The average Bonchev–Trinajstić information content (AvgIpc) is 2.76. The Kier molecular flexibility index (Phi) is 3.64. The Morgan fingerprint density at radius 2 is 2.18 bits per heavy atom. The first-order valence-electron chi connectivity index (χ1n) is 5.23. The first-order valence-corrected chi connectivity index (χ1v) is 6.03. The van der Waals surface area contributed by atoms with Crippen LogP contribution < -0.4 is 4.74 Å². The second kappa shape index (κ2) is 5.19. The molecule has 1 aromatic carbocycles. The molecule has 0 saturated heterocycles. The van der Waals surface area contributed by atoms with E-state index in [1.807, 2.05) is 13.0 Å². The van der Waals surface area contributed by atoms with Crippen LogP contribution in [-0.4, -0.2) is 12.4 Å². The monoisotopic (exact) mass is 294 g/mol. The molecule has 1 heterocycles. The zero-order valence-electron chi connectivity index (χ0n) is 9.27. The van der Waals surface area contributed by atoms with Gasteiger partial charge in [-0.2, -0.15) is 0 Å². The fourth-order valence-electron chi connectivity index (χ4n) is 1.47. The van der Waals surface area contributed by atoms with Crippen LogP contribution in [0, 0.1) is 0 Å². The van der Waals surface area contributed by atoms with Gasteiger partial charge in [0.05, 0.1) is 6.61 Å². The molecule has 4 heteroatoms. The van der Waals surface area contributed by atoms with E-state index in [1.54, 1.807) is 30.3 Å². The molecule has 0 saturated carbocycles. The number of carbonyl (C=O) groups excluding carboxylic acids is 1. The molecule has 17 heavy (non-hydrogen) atoms. The maximum absolute atomic E-state index is 12.0. The topological polar surface area (TPSA) is 39.4 Å². The van der Waals surface area contributed by atoms with Crippen LogP contribution in [0.2, 0.25) is 0 Å². The van der Waals surface area contributed by atoms with E-state index in [0.29, 0.717) is 28.3 Å². The lowest BCUT2D eigenvalue weighted by Gasteiger charge is -2.04. The van der Waals surface area contributed by atoms with E-state index >= 15 is 0 Å². The molecular weight excluding hydrogens is 284 g/mol. The Morgan fingerprint density at radius 1 is 1.35 bits per heavy atom. The third-order valence-electron chi connectivity index (χ3n) is 2.20. The molecule has 0 atom stereocenters. The van der Waals surface area contributed by atoms with Crippen LogP contribution in [0.4, 0.5) is 0 Å². The van der Waals surface area contributed by atoms with Gasteiger partial charge in [0.15, 0.2) is 10.4 Å². The zero-order chi connectivity index (χ0) is 12.3. The van der Waals surface area contributed by atoms with Gasteiger partial charge in [-0.1, -0.05) is 12.1 Å². The number of hydrogen-bond acceptors (Lipinski definition) is 3. The van der Waals surface area contributed by atoms with Crippen molar-refractivity contribution in [3.8, 4) is 5.75 Å². The van der Waals surface area contributed by atoms with E-state index in [1.165, 1.54) is 0 Å². The van der Waals surface area contributed by atoms with Crippen LogP contribution in [0.15, 0.2) is 45.5 Å². The smallest absolute Gasteiger partial charge is 0.228 e. The number of furan rings is 1. The molecule has 3 nitrogen and oxygen atoms in total. The Morgan fingerprint density at radius 3 is 2.82 bits per heavy atom. The van der Waals surface area contributed by atoms with Gasteiger partial charge < -0.3 is 9.15 Å². The molecule has 0 radical (unpaired) electrons. The molecule has 0 N–H and O–H groups in total.